The molecule has 1 N–H and O–H groups in total. The zero-order chi connectivity index (χ0) is 25.4. The van der Waals surface area contributed by atoms with Crippen LogP contribution in [0.4, 0.5) is 0 Å². The molecule has 0 aliphatic carbocycles. The third kappa shape index (κ3) is 7.84. The van der Waals surface area contributed by atoms with Crippen molar-refractivity contribution in [1.82, 2.24) is 10.2 Å². The van der Waals surface area contributed by atoms with E-state index in [1.807, 2.05) is 81.4 Å². The number of halogens is 2. The molecule has 184 valence electrons. The summed E-state index contributed by atoms with van der Waals surface area (Å²) in [5.74, 6) is -0.314. The molecule has 3 aromatic rings. The number of hydrogen-bond donors (Lipinski definition) is 1. The van der Waals surface area contributed by atoms with Gasteiger partial charge in [-0.2, -0.15) is 0 Å². The fourth-order valence-electron chi connectivity index (χ4n) is 3.81. The molecule has 0 aromatic heterocycles. The molecule has 35 heavy (non-hydrogen) atoms. The summed E-state index contributed by atoms with van der Waals surface area (Å²) in [5.41, 5.74) is 3.74. The first-order valence-corrected chi connectivity index (χ1v) is 12.7. The van der Waals surface area contributed by atoms with E-state index in [-0.39, 0.29) is 30.8 Å². The number of nitrogens with zero attached hydrogens (tertiary/aromatic N) is 1. The maximum absolute atomic E-state index is 13.7. The molecule has 0 bridgehead atoms. The minimum atomic E-state index is -0.698. The lowest BCUT2D eigenvalue weighted by molar-refractivity contribution is -0.141. The average Bonchev–Trinajstić information content (AvgIpc) is 2.84. The van der Waals surface area contributed by atoms with Gasteiger partial charge in [-0.05, 0) is 49.1 Å². The molecule has 4 nitrogen and oxygen atoms in total. The van der Waals surface area contributed by atoms with Crippen LogP contribution in [-0.2, 0) is 29.0 Å². The van der Waals surface area contributed by atoms with Gasteiger partial charge in [-0.15, -0.1) is 0 Å². The summed E-state index contributed by atoms with van der Waals surface area (Å²) in [6.07, 6.45) is 1.38. The van der Waals surface area contributed by atoms with E-state index in [0.717, 1.165) is 28.7 Å². The molecule has 0 aliphatic rings. The molecular formula is C29H32Cl2N2O2. The van der Waals surface area contributed by atoms with E-state index in [0.29, 0.717) is 16.5 Å². The molecule has 0 unspecified atom stereocenters. The fourth-order valence-corrected chi connectivity index (χ4v) is 4.28. The Bertz CT molecular complexity index is 1130. The predicted molar refractivity (Wildman–Crippen MR) is 144 cm³/mol. The van der Waals surface area contributed by atoms with Gasteiger partial charge in [-0.1, -0.05) is 96.4 Å². The molecule has 0 heterocycles. The largest absolute Gasteiger partial charge is 0.352 e. The Morgan fingerprint density at radius 2 is 1.63 bits per heavy atom. The molecule has 0 aliphatic heterocycles. The van der Waals surface area contributed by atoms with Crippen molar-refractivity contribution in [3.8, 4) is 0 Å². The van der Waals surface area contributed by atoms with Crippen molar-refractivity contribution in [3.05, 3.63) is 105 Å². The van der Waals surface area contributed by atoms with Crippen molar-refractivity contribution in [1.29, 1.82) is 0 Å². The number of rotatable bonds is 10. The second kappa shape index (κ2) is 12.8. The summed E-state index contributed by atoms with van der Waals surface area (Å²) in [5, 5.41) is 4.06. The third-order valence-electron chi connectivity index (χ3n) is 6.10. The number of amides is 2. The van der Waals surface area contributed by atoms with Gasteiger partial charge in [0, 0.05) is 29.1 Å². The summed E-state index contributed by atoms with van der Waals surface area (Å²) in [4.78, 5) is 28.9. The van der Waals surface area contributed by atoms with E-state index in [9.17, 15) is 9.59 Å². The fraction of sp³-hybridized carbons (Fsp3) is 0.310. The smallest absolute Gasteiger partial charge is 0.243 e. The maximum Gasteiger partial charge on any atom is 0.243 e. The Balaban J connectivity index is 1.99. The number of carbonyl (C=O) groups excluding carboxylic acids is 2. The number of hydrogen-bond acceptors (Lipinski definition) is 2. The second-order valence-electron chi connectivity index (χ2n) is 8.94. The summed E-state index contributed by atoms with van der Waals surface area (Å²) in [7, 11) is 0. The lowest BCUT2D eigenvalue weighted by atomic mass is 10.0. The highest BCUT2D eigenvalue weighted by Crippen LogP contribution is 2.24. The lowest BCUT2D eigenvalue weighted by Gasteiger charge is -2.32. The van der Waals surface area contributed by atoms with Crippen LogP contribution in [0, 0.1) is 6.92 Å². The Kier molecular flexibility index (Phi) is 9.76. The molecular weight excluding hydrogens is 479 g/mol. The quantitative estimate of drug-likeness (QED) is 0.343. The summed E-state index contributed by atoms with van der Waals surface area (Å²) in [6, 6.07) is 22.1. The van der Waals surface area contributed by atoms with E-state index in [4.69, 9.17) is 23.2 Å². The van der Waals surface area contributed by atoms with Crippen LogP contribution in [-0.4, -0.2) is 28.8 Å². The summed E-state index contributed by atoms with van der Waals surface area (Å²) in [6.45, 7) is 6.19. The third-order valence-corrected chi connectivity index (χ3v) is 6.69. The minimum absolute atomic E-state index is 0.00561. The van der Waals surface area contributed by atoms with E-state index >= 15 is 0 Å². The minimum Gasteiger partial charge on any atom is -0.352 e. The average molecular weight is 511 g/mol. The van der Waals surface area contributed by atoms with Crippen molar-refractivity contribution >= 4 is 35.0 Å². The molecule has 2 atom stereocenters. The lowest BCUT2D eigenvalue weighted by Crippen LogP contribution is -2.52. The van der Waals surface area contributed by atoms with Crippen molar-refractivity contribution < 1.29 is 9.59 Å². The first-order chi connectivity index (χ1) is 16.8. The highest BCUT2D eigenvalue weighted by molar-refractivity contribution is 6.35. The summed E-state index contributed by atoms with van der Waals surface area (Å²) >= 11 is 12.6. The van der Waals surface area contributed by atoms with Crippen LogP contribution in [0.3, 0.4) is 0 Å². The van der Waals surface area contributed by atoms with Gasteiger partial charge in [0.15, 0.2) is 0 Å². The van der Waals surface area contributed by atoms with Crippen LogP contribution in [0.5, 0.6) is 0 Å². The standard InChI is InChI=1S/C29H32Cl2N2O2/c1-4-21(3)32-29(35)27(16-22-8-6-5-7-9-22)33(19-24-14-15-25(30)18-26(24)31)28(34)17-23-12-10-20(2)11-13-23/h5-15,18,21,27H,4,16-17,19H2,1-3H3,(H,32,35)/t21-,27+/m0/s1. The van der Waals surface area contributed by atoms with E-state index in [2.05, 4.69) is 5.32 Å². The highest BCUT2D eigenvalue weighted by atomic mass is 35.5. The Morgan fingerprint density at radius 1 is 0.943 bits per heavy atom. The Morgan fingerprint density at radius 3 is 2.26 bits per heavy atom. The van der Waals surface area contributed by atoms with Crippen molar-refractivity contribution in [2.45, 2.75) is 58.7 Å². The predicted octanol–water partition coefficient (Wildman–Crippen LogP) is 6.40. The van der Waals surface area contributed by atoms with Crippen LogP contribution in [0.2, 0.25) is 10.0 Å². The topological polar surface area (TPSA) is 49.4 Å². The first-order valence-electron chi connectivity index (χ1n) is 11.9. The molecule has 0 fully saturated rings. The molecule has 6 heteroatoms. The van der Waals surface area contributed by atoms with Gasteiger partial charge in [-0.25, -0.2) is 0 Å². The van der Waals surface area contributed by atoms with Crippen LogP contribution in [0.1, 0.15) is 42.5 Å². The van der Waals surface area contributed by atoms with E-state index in [1.165, 1.54) is 0 Å². The number of carbonyl (C=O) groups is 2. The molecule has 3 aromatic carbocycles. The zero-order valence-corrected chi connectivity index (χ0v) is 21.9. The second-order valence-corrected chi connectivity index (χ2v) is 9.79. The molecule has 0 saturated carbocycles. The van der Waals surface area contributed by atoms with Gasteiger partial charge in [0.05, 0.1) is 6.42 Å². The first kappa shape index (κ1) is 26.8. The van der Waals surface area contributed by atoms with Crippen LogP contribution < -0.4 is 5.32 Å². The van der Waals surface area contributed by atoms with E-state index < -0.39 is 6.04 Å². The highest BCUT2D eigenvalue weighted by Gasteiger charge is 2.31. The monoisotopic (exact) mass is 510 g/mol. The number of benzene rings is 3. The van der Waals surface area contributed by atoms with Gasteiger partial charge in [-0.3, -0.25) is 9.59 Å². The molecule has 0 saturated heterocycles. The zero-order valence-electron chi connectivity index (χ0n) is 20.4. The number of aryl methyl sites for hydroxylation is 1. The van der Waals surface area contributed by atoms with Crippen molar-refractivity contribution in [2.75, 3.05) is 0 Å². The summed E-state index contributed by atoms with van der Waals surface area (Å²) < 4.78 is 0. The van der Waals surface area contributed by atoms with Crippen LogP contribution in [0.25, 0.3) is 0 Å². The molecule has 0 spiro atoms. The normalized spacial score (nSPS) is 12.6. The molecule has 3 rings (SSSR count). The van der Waals surface area contributed by atoms with Crippen molar-refractivity contribution in [3.63, 3.8) is 0 Å². The van der Waals surface area contributed by atoms with Gasteiger partial charge >= 0.3 is 0 Å². The van der Waals surface area contributed by atoms with Gasteiger partial charge in [0.2, 0.25) is 11.8 Å². The van der Waals surface area contributed by atoms with Gasteiger partial charge in [0.1, 0.15) is 6.04 Å². The molecule has 0 radical (unpaired) electrons. The Labute approximate surface area is 218 Å². The van der Waals surface area contributed by atoms with E-state index in [1.54, 1.807) is 17.0 Å². The SMILES string of the molecule is CC[C@H](C)NC(=O)[C@@H](Cc1ccccc1)N(Cc1ccc(Cl)cc1Cl)C(=O)Cc1ccc(C)cc1. The Hall–Kier alpha value is -2.82. The van der Waals surface area contributed by atoms with Gasteiger partial charge in [0.25, 0.3) is 0 Å². The number of nitrogens with one attached hydrogen (secondary N) is 1. The van der Waals surface area contributed by atoms with Crippen LogP contribution in [0.15, 0.2) is 72.8 Å². The molecule has 2 amide bonds. The van der Waals surface area contributed by atoms with Gasteiger partial charge < -0.3 is 10.2 Å². The van der Waals surface area contributed by atoms with Crippen molar-refractivity contribution in [2.24, 2.45) is 0 Å². The van der Waals surface area contributed by atoms with Crippen LogP contribution >= 0.6 is 23.2 Å². The maximum atomic E-state index is 13.7.